The first-order chi connectivity index (χ1) is 4.20. The first-order valence-electron chi connectivity index (χ1n) is 3.30. The molecule has 1 aliphatic heterocycles. The molecular weight excluding hydrogens is 116 g/mol. The molecule has 0 saturated carbocycles. The van der Waals surface area contributed by atoms with Gasteiger partial charge in [0.05, 0.1) is 6.10 Å². The van der Waals surface area contributed by atoms with Crippen molar-refractivity contribution in [3.05, 3.63) is 0 Å². The standard InChI is InChI=1S/C6H14N2O/c1-7(2)8-4-3-6(9)5-8/h6,9H,3-5H2,1-2H3/t6-/m1/s1. The number of β-amino-alcohol motifs (C(OH)–C–C–N with tert-alkyl or cyclic N) is 1. The van der Waals surface area contributed by atoms with Crippen LogP contribution in [0.15, 0.2) is 0 Å². The van der Waals surface area contributed by atoms with E-state index in [0.29, 0.717) is 0 Å². The Hall–Kier alpha value is -0.120. The lowest BCUT2D eigenvalue weighted by molar-refractivity contribution is 0.0374. The summed E-state index contributed by atoms with van der Waals surface area (Å²) in [6.45, 7) is 1.79. The summed E-state index contributed by atoms with van der Waals surface area (Å²) in [6.07, 6.45) is 0.811. The number of nitrogens with zero attached hydrogens (tertiary/aromatic N) is 2. The summed E-state index contributed by atoms with van der Waals surface area (Å²) < 4.78 is 0. The summed E-state index contributed by atoms with van der Waals surface area (Å²) in [6, 6.07) is 0. The van der Waals surface area contributed by atoms with Crippen molar-refractivity contribution in [1.29, 1.82) is 0 Å². The van der Waals surface area contributed by atoms with Crippen LogP contribution in [0.1, 0.15) is 6.42 Å². The molecule has 1 heterocycles. The lowest BCUT2D eigenvalue weighted by Crippen LogP contribution is -2.35. The summed E-state index contributed by atoms with van der Waals surface area (Å²) in [5, 5.41) is 13.2. The number of aliphatic hydroxyl groups excluding tert-OH is 1. The lowest BCUT2D eigenvalue weighted by Gasteiger charge is -2.22. The van der Waals surface area contributed by atoms with Crippen molar-refractivity contribution in [2.75, 3.05) is 27.2 Å². The molecule has 1 rings (SSSR count). The van der Waals surface area contributed by atoms with Gasteiger partial charge in [0.2, 0.25) is 0 Å². The van der Waals surface area contributed by atoms with Gasteiger partial charge >= 0.3 is 0 Å². The molecule has 9 heavy (non-hydrogen) atoms. The quantitative estimate of drug-likeness (QED) is 0.520. The Morgan fingerprint density at radius 3 is 2.44 bits per heavy atom. The predicted octanol–water partition coefficient (Wildman–Crippen LogP) is -0.470. The highest BCUT2D eigenvalue weighted by Crippen LogP contribution is 2.08. The fourth-order valence-electron chi connectivity index (χ4n) is 1.09. The molecule has 0 aliphatic carbocycles. The van der Waals surface area contributed by atoms with E-state index in [9.17, 15) is 0 Å². The van der Waals surface area contributed by atoms with E-state index in [1.165, 1.54) is 0 Å². The molecule has 0 aromatic heterocycles. The van der Waals surface area contributed by atoms with Crippen molar-refractivity contribution in [1.82, 2.24) is 10.0 Å². The van der Waals surface area contributed by atoms with Crippen LogP contribution in [0.2, 0.25) is 0 Å². The van der Waals surface area contributed by atoms with E-state index in [2.05, 4.69) is 5.01 Å². The highest BCUT2D eigenvalue weighted by molar-refractivity contribution is 4.70. The van der Waals surface area contributed by atoms with E-state index >= 15 is 0 Å². The second-order valence-electron chi connectivity index (χ2n) is 2.70. The van der Waals surface area contributed by atoms with E-state index in [1.807, 2.05) is 19.1 Å². The number of hydrogen-bond donors (Lipinski definition) is 1. The van der Waals surface area contributed by atoms with Crippen LogP contribution in [0.25, 0.3) is 0 Å². The minimum absolute atomic E-state index is 0.104. The van der Waals surface area contributed by atoms with Crippen LogP contribution in [0.4, 0.5) is 0 Å². The molecule has 1 aliphatic rings. The van der Waals surface area contributed by atoms with Gasteiger partial charge in [-0.25, -0.2) is 10.0 Å². The van der Waals surface area contributed by atoms with Gasteiger partial charge in [-0.3, -0.25) is 0 Å². The zero-order valence-corrected chi connectivity index (χ0v) is 6.04. The van der Waals surface area contributed by atoms with E-state index in [4.69, 9.17) is 5.11 Å². The van der Waals surface area contributed by atoms with Gasteiger partial charge in [-0.1, -0.05) is 0 Å². The molecule has 0 unspecified atom stereocenters. The molecule has 1 saturated heterocycles. The van der Waals surface area contributed by atoms with Crippen LogP contribution in [0.5, 0.6) is 0 Å². The van der Waals surface area contributed by atoms with Crippen LogP contribution in [-0.2, 0) is 0 Å². The molecule has 0 aromatic carbocycles. The van der Waals surface area contributed by atoms with Gasteiger partial charge in [-0.2, -0.15) is 0 Å². The van der Waals surface area contributed by atoms with Gasteiger partial charge in [0.1, 0.15) is 0 Å². The van der Waals surface area contributed by atoms with E-state index < -0.39 is 0 Å². The summed E-state index contributed by atoms with van der Waals surface area (Å²) in [5.41, 5.74) is 0. The monoisotopic (exact) mass is 130 g/mol. The van der Waals surface area contributed by atoms with Crippen molar-refractivity contribution in [3.63, 3.8) is 0 Å². The smallest absolute Gasteiger partial charge is 0.0694 e. The van der Waals surface area contributed by atoms with Gasteiger partial charge < -0.3 is 5.11 Å². The molecule has 1 atom stereocenters. The average molecular weight is 130 g/mol. The molecule has 54 valence electrons. The molecule has 3 nitrogen and oxygen atoms in total. The van der Waals surface area contributed by atoms with Crippen molar-refractivity contribution in [3.8, 4) is 0 Å². The molecule has 1 fully saturated rings. The number of aliphatic hydroxyl groups is 1. The van der Waals surface area contributed by atoms with Gasteiger partial charge in [0.25, 0.3) is 0 Å². The summed E-state index contributed by atoms with van der Waals surface area (Å²) in [4.78, 5) is 0. The molecule has 0 aromatic rings. The van der Waals surface area contributed by atoms with Crippen LogP contribution in [0.3, 0.4) is 0 Å². The Labute approximate surface area is 55.8 Å². The van der Waals surface area contributed by atoms with Crippen molar-refractivity contribution >= 4 is 0 Å². The number of hydrogen-bond acceptors (Lipinski definition) is 3. The Bertz CT molecular complexity index is 95.1. The largest absolute Gasteiger partial charge is 0.392 e. The zero-order valence-electron chi connectivity index (χ0n) is 6.04. The Morgan fingerprint density at radius 2 is 2.22 bits per heavy atom. The molecule has 0 spiro atoms. The van der Waals surface area contributed by atoms with Crippen molar-refractivity contribution in [2.45, 2.75) is 12.5 Å². The number of hydrazine groups is 1. The Morgan fingerprint density at radius 1 is 1.56 bits per heavy atom. The molecule has 1 N–H and O–H groups in total. The van der Waals surface area contributed by atoms with E-state index in [1.54, 1.807) is 0 Å². The summed E-state index contributed by atoms with van der Waals surface area (Å²) >= 11 is 0. The zero-order chi connectivity index (χ0) is 6.85. The molecule has 0 amide bonds. The highest BCUT2D eigenvalue weighted by atomic mass is 16.3. The fraction of sp³-hybridized carbons (Fsp3) is 1.00. The topological polar surface area (TPSA) is 26.7 Å². The fourth-order valence-corrected chi connectivity index (χ4v) is 1.09. The predicted molar refractivity (Wildman–Crippen MR) is 35.9 cm³/mol. The van der Waals surface area contributed by atoms with Crippen molar-refractivity contribution < 1.29 is 5.11 Å². The summed E-state index contributed by atoms with van der Waals surface area (Å²) in [5.74, 6) is 0. The second-order valence-corrected chi connectivity index (χ2v) is 2.70. The SMILES string of the molecule is CN(C)N1CC[C@@H](O)C1. The average Bonchev–Trinajstić information content (AvgIpc) is 2.14. The lowest BCUT2D eigenvalue weighted by atomic mass is 10.3. The maximum Gasteiger partial charge on any atom is 0.0694 e. The molecule has 3 heteroatoms. The maximum absolute atomic E-state index is 9.08. The van der Waals surface area contributed by atoms with Crippen LogP contribution in [-0.4, -0.2) is 48.4 Å². The summed E-state index contributed by atoms with van der Waals surface area (Å²) in [7, 11) is 4.00. The molecule has 0 bridgehead atoms. The van der Waals surface area contributed by atoms with Crippen molar-refractivity contribution in [2.24, 2.45) is 0 Å². The minimum atomic E-state index is -0.104. The third kappa shape index (κ3) is 1.64. The van der Waals surface area contributed by atoms with E-state index in [0.717, 1.165) is 19.5 Å². The highest BCUT2D eigenvalue weighted by Gasteiger charge is 2.20. The first-order valence-corrected chi connectivity index (χ1v) is 3.30. The van der Waals surface area contributed by atoms with E-state index in [-0.39, 0.29) is 6.10 Å². The normalized spacial score (nSPS) is 30.0. The Kier molecular flexibility index (Phi) is 2.05. The third-order valence-corrected chi connectivity index (χ3v) is 1.71. The van der Waals surface area contributed by atoms with Gasteiger partial charge in [-0.05, 0) is 6.42 Å². The van der Waals surface area contributed by atoms with Crippen LogP contribution < -0.4 is 0 Å². The number of rotatable bonds is 1. The van der Waals surface area contributed by atoms with Gasteiger partial charge in [0, 0.05) is 27.2 Å². The minimum Gasteiger partial charge on any atom is -0.392 e. The van der Waals surface area contributed by atoms with Gasteiger partial charge in [0.15, 0.2) is 0 Å². The molecule has 0 radical (unpaired) electrons. The first kappa shape index (κ1) is 6.99. The molecular formula is C6H14N2O. The third-order valence-electron chi connectivity index (χ3n) is 1.71. The second kappa shape index (κ2) is 2.64. The van der Waals surface area contributed by atoms with Crippen LogP contribution in [0, 0.1) is 0 Å². The van der Waals surface area contributed by atoms with Gasteiger partial charge in [-0.15, -0.1) is 0 Å². The van der Waals surface area contributed by atoms with Crippen LogP contribution >= 0.6 is 0 Å². The Balaban J connectivity index is 2.30. The maximum atomic E-state index is 9.08.